The molecular formula is C29H42N4O12. The van der Waals surface area contributed by atoms with Gasteiger partial charge in [-0.2, -0.15) is 0 Å². The summed E-state index contributed by atoms with van der Waals surface area (Å²) < 4.78 is 20.4. The number of benzene rings is 2. The first-order valence-corrected chi connectivity index (χ1v) is 13.1. The Morgan fingerprint density at radius 1 is 0.778 bits per heavy atom. The van der Waals surface area contributed by atoms with E-state index in [1.54, 1.807) is 65.8 Å². The Hall–Kier alpha value is -5.28. The molecule has 2 aromatic carbocycles. The number of rotatable bonds is 11. The van der Waals surface area contributed by atoms with Crippen molar-refractivity contribution in [2.45, 2.75) is 72.3 Å². The molecule has 0 spiro atoms. The summed E-state index contributed by atoms with van der Waals surface area (Å²) >= 11 is 0. The predicted molar refractivity (Wildman–Crippen MR) is 163 cm³/mol. The Balaban J connectivity index is 0.000000845. The molecule has 0 radical (unpaired) electrons. The van der Waals surface area contributed by atoms with Crippen LogP contribution in [0.1, 0.15) is 49.0 Å². The highest BCUT2D eigenvalue weighted by Crippen LogP contribution is 2.26. The van der Waals surface area contributed by atoms with Gasteiger partial charge in [-0.3, -0.25) is 10.1 Å². The van der Waals surface area contributed by atoms with Crippen LogP contribution in [0.2, 0.25) is 0 Å². The van der Waals surface area contributed by atoms with Crippen LogP contribution in [0.3, 0.4) is 0 Å². The van der Waals surface area contributed by atoms with Crippen molar-refractivity contribution in [3.05, 3.63) is 58.6 Å². The topological polar surface area (TPSA) is 239 Å². The van der Waals surface area contributed by atoms with Gasteiger partial charge in [0, 0.05) is 6.07 Å². The number of hydrogen-bond donors (Lipinski definition) is 5. The van der Waals surface area contributed by atoms with E-state index >= 15 is 0 Å². The summed E-state index contributed by atoms with van der Waals surface area (Å²) in [6.07, 6.45) is -1.74. The summed E-state index contributed by atoms with van der Waals surface area (Å²) in [6, 6.07) is 9.57. The molecule has 2 aromatic rings. The molecule has 0 bridgehead atoms. The lowest BCUT2D eigenvalue weighted by molar-refractivity contribution is -0.385. The molecule has 2 rings (SSSR count). The largest absolute Gasteiger partial charge is 0.489 e. The molecule has 2 atom stereocenters. The maximum absolute atomic E-state index is 11.6. The second kappa shape index (κ2) is 17.7. The maximum atomic E-state index is 11.6. The smallest absolute Gasteiger partial charge is 0.408 e. The van der Waals surface area contributed by atoms with Crippen molar-refractivity contribution < 1.29 is 53.3 Å². The number of nitro benzene ring substituents is 1. The highest BCUT2D eigenvalue weighted by molar-refractivity contribution is 5.80. The van der Waals surface area contributed by atoms with E-state index in [9.17, 15) is 29.3 Å². The fraction of sp³-hybridized carbons (Fsp3) is 0.448. The van der Waals surface area contributed by atoms with E-state index < -0.39 is 58.9 Å². The van der Waals surface area contributed by atoms with Gasteiger partial charge in [0.1, 0.15) is 30.2 Å². The van der Waals surface area contributed by atoms with Gasteiger partial charge >= 0.3 is 29.8 Å². The van der Waals surface area contributed by atoms with Gasteiger partial charge in [0.15, 0.2) is 17.8 Å². The number of nitrogens with zero attached hydrogens (tertiary/aromatic N) is 1. The quantitative estimate of drug-likeness (QED) is 0.132. The molecule has 0 aromatic heterocycles. The molecule has 0 saturated heterocycles. The summed E-state index contributed by atoms with van der Waals surface area (Å²) in [5, 5.41) is 33.4. The Labute approximate surface area is 260 Å². The number of nitrogens with one attached hydrogen (secondary N) is 2. The molecule has 45 heavy (non-hydrogen) atoms. The van der Waals surface area contributed by atoms with Crippen LogP contribution in [0.5, 0.6) is 11.5 Å². The summed E-state index contributed by atoms with van der Waals surface area (Å²) in [6.45, 7) is 9.20. The molecule has 0 aliphatic heterocycles. The number of para-hydroxylation sites is 4. The molecule has 0 saturated carbocycles. The minimum atomic E-state index is -1.41. The van der Waals surface area contributed by atoms with Crippen LogP contribution >= 0.6 is 0 Å². The number of nitro groups is 1. The lowest BCUT2D eigenvalue weighted by Crippen LogP contribution is -2.46. The van der Waals surface area contributed by atoms with Gasteiger partial charge in [0.2, 0.25) is 0 Å². The summed E-state index contributed by atoms with van der Waals surface area (Å²) in [4.78, 5) is 55.7. The first-order chi connectivity index (χ1) is 20.3. The Kier molecular flexibility index (Phi) is 15.7. The summed E-state index contributed by atoms with van der Waals surface area (Å²) in [7, 11) is 0. The Morgan fingerprint density at radius 2 is 1.16 bits per heavy atom. The van der Waals surface area contributed by atoms with Gasteiger partial charge in [-0.05, 0) is 59.7 Å². The second-order valence-corrected chi connectivity index (χ2v) is 11.0. The number of carboxylic acids is 2. The molecule has 16 heteroatoms. The fourth-order valence-electron chi connectivity index (χ4n) is 2.94. The van der Waals surface area contributed by atoms with Gasteiger partial charge < -0.3 is 45.5 Å². The monoisotopic (exact) mass is 638 g/mol. The van der Waals surface area contributed by atoms with Crippen molar-refractivity contribution in [3.8, 4) is 11.5 Å². The normalized spacial score (nSPS) is 12.0. The van der Waals surface area contributed by atoms with E-state index in [0.717, 1.165) is 0 Å². The summed E-state index contributed by atoms with van der Waals surface area (Å²) in [5.74, 6) is -2.31. The third-order valence-corrected chi connectivity index (χ3v) is 4.77. The number of carbonyl (C=O) groups is 4. The van der Waals surface area contributed by atoms with Crippen molar-refractivity contribution in [2.24, 2.45) is 0 Å². The maximum Gasteiger partial charge on any atom is 0.408 e. The number of nitrogen functional groups attached to an aromatic ring is 1. The van der Waals surface area contributed by atoms with Crippen molar-refractivity contribution in [1.29, 1.82) is 0 Å². The van der Waals surface area contributed by atoms with Gasteiger partial charge in [-0.15, -0.1) is 0 Å². The first kappa shape index (κ1) is 39.7. The zero-order valence-electron chi connectivity index (χ0n) is 25.2. The number of carbonyl (C=O) groups excluding carboxylic acids is 2. The number of hydrogen-bond acceptors (Lipinski definition) is 11. The van der Waals surface area contributed by atoms with E-state index in [4.69, 9.17) is 34.9 Å². The number of amides is 2. The zero-order chi connectivity index (χ0) is 33.7. The minimum Gasteiger partial charge on any atom is -0.489 e. The first-order valence-electron chi connectivity index (χ1n) is 13.1. The van der Waals surface area contributed by atoms with Crippen molar-refractivity contribution in [3.63, 3.8) is 0 Å². The number of aliphatic carboxylic acids is 2. The lowest BCUT2D eigenvalue weighted by atomic mass is 10.2. The number of nitrogens with two attached hydrogens (primary N) is 1. The highest BCUT2D eigenvalue weighted by atomic mass is 16.6. The van der Waals surface area contributed by atoms with Crippen LogP contribution in [-0.4, -0.2) is 75.8 Å². The lowest BCUT2D eigenvalue weighted by Gasteiger charge is -2.22. The molecule has 250 valence electrons. The molecule has 2 amide bonds. The molecule has 0 fully saturated rings. The number of carboxylic acid groups (broad SMARTS) is 2. The van der Waals surface area contributed by atoms with Crippen LogP contribution < -0.4 is 25.8 Å². The molecule has 0 aliphatic carbocycles. The number of anilines is 1. The average Bonchev–Trinajstić information content (AvgIpc) is 2.88. The second-order valence-electron chi connectivity index (χ2n) is 11.0. The van der Waals surface area contributed by atoms with Crippen molar-refractivity contribution in [2.75, 3.05) is 18.9 Å². The fourth-order valence-corrected chi connectivity index (χ4v) is 2.94. The average molecular weight is 639 g/mol. The van der Waals surface area contributed by atoms with Crippen LogP contribution in [0.25, 0.3) is 0 Å². The van der Waals surface area contributed by atoms with Crippen molar-refractivity contribution in [1.82, 2.24) is 10.6 Å². The molecule has 0 heterocycles. The van der Waals surface area contributed by atoms with Crippen molar-refractivity contribution >= 4 is 35.5 Å². The van der Waals surface area contributed by atoms with E-state index in [2.05, 4.69) is 10.6 Å². The zero-order valence-corrected chi connectivity index (χ0v) is 25.2. The standard InChI is InChI=1S/C14H18N2O7.C14H20N2O5.CH4/c1-14(2,3)23-13(19)15-9(12(17)18)8-22-11-7-5-4-6-10(11)16(20)21;1-14(2,3)21-13(19)16-10(12(17)18)8-20-11-7-5-4-6-9(11)15;/h4-7,9H,8H2,1-3H3,(H,15,19)(H,17,18);4-7,10H,8,15H2,1-3H3,(H,16,19)(H,17,18);1H4/t9-;10-;/m11./s1. The van der Waals surface area contributed by atoms with E-state index in [1.807, 2.05) is 0 Å². The highest BCUT2D eigenvalue weighted by Gasteiger charge is 2.26. The molecule has 16 nitrogen and oxygen atoms in total. The third kappa shape index (κ3) is 16.2. The van der Waals surface area contributed by atoms with Crippen LogP contribution in [-0.2, 0) is 19.1 Å². The van der Waals surface area contributed by atoms with Crippen LogP contribution in [0.15, 0.2) is 48.5 Å². The Bertz CT molecular complexity index is 1300. The van der Waals surface area contributed by atoms with E-state index in [1.165, 1.54) is 24.3 Å². The Morgan fingerprint density at radius 3 is 1.53 bits per heavy atom. The molecular weight excluding hydrogens is 596 g/mol. The third-order valence-electron chi connectivity index (χ3n) is 4.77. The van der Waals surface area contributed by atoms with Gasteiger partial charge in [0.25, 0.3) is 0 Å². The van der Waals surface area contributed by atoms with Gasteiger partial charge in [0.05, 0.1) is 10.6 Å². The molecule has 0 aliphatic rings. The molecule has 0 unspecified atom stereocenters. The van der Waals surface area contributed by atoms with Crippen LogP contribution in [0.4, 0.5) is 21.0 Å². The van der Waals surface area contributed by atoms with E-state index in [-0.39, 0.29) is 25.5 Å². The van der Waals surface area contributed by atoms with E-state index in [0.29, 0.717) is 11.4 Å². The van der Waals surface area contributed by atoms with Gasteiger partial charge in [-0.1, -0.05) is 31.7 Å². The molecule has 6 N–H and O–H groups in total. The number of ether oxygens (including phenoxy) is 4. The van der Waals surface area contributed by atoms with Gasteiger partial charge in [-0.25, -0.2) is 19.2 Å². The predicted octanol–water partition coefficient (Wildman–Crippen LogP) is 4.21. The SMILES string of the molecule is C.CC(C)(C)OC(=O)N[C@H](COc1ccccc1N)C(=O)O.CC(C)(C)OC(=O)N[C@H](COc1ccccc1[N+](=O)[O-])C(=O)O. The minimum absolute atomic E-state index is 0. The van der Waals surface area contributed by atoms with Crippen LogP contribution in [0, 0.1) is 10.1 Å². The summed E-state index contributed by atoms with van der Waals surface area (Å²) in [5.41, 5.74) is 4.28. The number of alkyl carbamates (subject to hydrolysis) is 2.